The Balaban J connectivity index is 1.98. The average molecular weight is 279 g/mol. The minimum Gasteiger partial charge on any atom is -0.408 e. The maximum absolute atomic E-state index is 11.2. The lowest BCUT2D eigenvalue weighted by Crippen LogP contribution is -1.93. The summed E-state index contributed by atoms with van der Waals surface area (Å²) in [5.41, 5.74) is 6.27. The molecular weight excluding hydrogens is 266 g/mol. The van der Waals surface area contributed by atoms with Crippen LogP contribution in [0.3, 0.4) is 0 Å². The van der Waals surface area contributed by atoms with Crippen molar-refractivity contribution in [3.8, 4) is 11.3 Å². The predicted molar refractivity (Wildman–Crippen MR) is 80.5 cm³/mol. The molecule has 0 radical (unpaired) electrons. The molecule has 4 aromatic rings. The Kier molecular flexibility index (Phi) is 2.33. The van der Waals surface area contributed by atoms with Crippen LogP contribution in [-0.4, -0.2) is 14.4 Å². The lowest BCUT2D eigenvalue weighted by Gasteiger charge is -1.99. The van der Waals surface area contributed by atoms with Crippen LogP contribution < -0.4 is 5.76 Å². The van der Waals surface area contributed by atoms with Gasteiger partial charge in [0, 0.05) is 17.5 Å². The molecule has 0 spiro atoms. The number of pyridine rings is 1. The third-order valence-corrected chi connectivity index (χ3v) is 3.71. The molecule has 4 rings (SSSR count). The van der Waals surface area contributed by atoms with E-state index in [2.05, 4.69) is 21.5 Å². The van der Waals surface area contributed by atoms with E-state index in [-0.39, 0.29) is 0 Å². The molecule has 5 nitrogen and oxygen atoms in total. The summed E-state index contributed by atoms with van der Waals surface area (Å²) in [7, 11) is 0. The SMILES string of the molecule is Cc1ccn2c(C)c(-c3ccc4oc(=O)[nH]c4c3)nc2c1. The Morgan fingerprint density at radius 2 is 2.05 bits per heavy atom. The molecule has 0 aliphatic carbocycles. The third kappa shape index (κ3) is 1.78. The van der Waals surface area contributed by atoms with Crippen LogP contribution in [0.4, 0.5) is 0 Å². The van der Waals surface area contributed by atoms with E-state index < -0.39 is 5.76 Å². The number of rotatable bonds is 1. The quantitative estimate of drug-likeness (QED) is 0.582. The number of benzene rings is 1. The summed E-state index contributed by atoms with van der Waals surface area (Å²) in [5, 5.41) is 0. The van der Waals surface area contributed by atoms with Crippen molar-refractivity contribution in [2.45, 2.75) is 13.8 Å². The van der Waals surface area contributed by atoms with Crippen molar-refractivity contribution in [3.63, 3.8) is 0 Å². The van der Waals surface area contributed by atoms with Gasteiger partial charge in [0.15, 0.2) is 5.58 Å². The molecule has 1 N–H and O–H groups in total. The summed E-state index contributed by atoms with van der Waals surface area (Å²) < 4.78 is 7.09. The minimum absolute atomic E-state index is 0.440. The fourth-order valence-electron chi connectivity index (χ4n) is 2.64. The van der Waals surface area contributed by atoms with Gasteiger partial charge in [0.1, 0.15) is 5.65 Å². The zero-order valence-electron chi connectivity index (χ0n) is 11.7. The molecule has 0 saturated heterocycles. The first-order valence-corrected chi connectivity index (χ1v) is 6.70. The number of H-pyrrole nitrogens is 1. The largest absolute Gasteiger partial charge is 0.417 e. The molecule has 0 aliphatic heterocycles. The Hall–Kier alpha value is -2.82. The zero-order valence-corrected chi connectivity index (χ0v) is 11.7. The van der Waals surface area contributed by atoms with Crippen molar-refractivity contribution >= 4 is 16.7 Å². The molecule has 0 fully saturated rings. The fourth-order valence-corrected chi connectivity index (χ4v) is 2.64. The second kappa shape index (κ2) is 4.09. The van der Waals surface area contributed by atoms with Gasteiger partial charge in [0.05, 0.1) is 11.2 Å². The van der Waals surface area contributed by atoms with Crippen molar-refractivity contribution in [1.82, 2.24) is 14.4 Å². The number of nitrogens with one attached hydrogen (secondary N) is 1. The van der Waals surface area contributed by atoms with Gasteiger partial charge in [-0.15, -0.1) is 0 Å². The highest BCUT2D eigenvalue weighted by molar-refractivity contribution is 5.80. The molecule has 0 saturated carbocycles. The Labute approximate surface area is 119 Å². The van der Waals surface area contributed by atoms with E-state index in [0.29, 0.717) is 11.1 Å². The van der Waals surface area contributed by atoms with Gasteiger partial charge in [0.2, 0.25) is 0 Å². The van der Waals surface area contributed by atoms with Crippen molar-refractivity contribution in [2.24, 2.45) is 0 Å². The molecule has 3 heterocycles. The summed E-state index contributed by atoms with van der Waals surface area (Å²) in [6, 6.07) is 9.71. The predicted octanol–water partition coefficient (Wildman–Crippen LogP) is 3.05. The number of nitrogens with zero attached hydrogens (tertiary/aromatic N) is 2. The van der Waals surface area contributed by atoms with Crippen LogP contribution in [0.25, 0.3) is 28.0 Å². The Morgan fingerprint density at radius 3 is 2.90 bits per heavy atom. The number of imidazole rings is 1. The van der Waals surface area contributed by atoms with Gasteiger partial charge in [-0.05, 0) is 49.7 Å². The molecule has 21 heavy (non-hydrogen) atoms. The maximum Gasteiger partial charge on any atom is 0.417 e. The second-order valence-electron chi connectivity index (χ2n) is 5.20. The Bertz CT molecular complexity index is 1040. The normalized spacial score (nSPS) is 11.5. The first-order valence-electron chi connectivity index (χ1n) is 6.70. The molecule has 3 aromatic heterocycles. The average Bonchev–Trinajstić information content (AvgIpc) is 2.97. The van der Waals surface area contributed by atoms with Crippen LogP contribution >= 0.6 is 0 Å². The van der Waals surface area contributed by atoms with Crippen LogP contribution in [0.15, 0.2) is 45.7 Å². The van der Waals surface area contributed by atoms with E-state index in [1.165, 1.54) is 5.56 Å². The molecule has 0 bridgehead atoms. The number of fused-ring (bicyclic) bond motifs is 2. The number of oxazole rings is 1. The number of hydrogen-bond donors (Lipinski definition) is 1. The van der Waals surface area contributed by atoms with E-state index in [9.17, 15) is 4.79 Å². The lowest BCUT2D eigenvalue weighted by atomic mass is 10.1. The first kappa shape index (κ1) is 12.0. The van der Waals surface area contributed by atoms with Crippen LogP contribution in [0.1, 0.15) is 11.3 Å². The van der Waals surface area contributed by atoms with E-state index in [1.54, 1.807) is 6.07 Å². The minimum atomic E-state index is -0.440. The van der Waals surface area contributed by atoms with Gasteiger partial charge in [-0.3, -0.25) is 4.98 Å². The molecule has 104 valence electrons. The van der Waals surface area contributed by atoms with Crippen molar-refractivity contribution < 1.29 is 4.42 Å². The van der Waals surface area contributed by atoms with Crippen LogP contribution in [-0.2, 0) is 0 Å². The molecule has 5 heteroatoms. The van der Waals surface area contributed by atoms with Gasteiger partial charge in [-0.1, -0.05) is 0 Å². The van der Waals surface area contributed by atoms with E-state index >= 15 is 0 Å². The highest BCUT2D eigenvalue weighted by atomic mass is 16.4. The Morgan fingerprint density at radius 1 is 1.19 bits per heavy atom. The summed E-state index contributed by atoms with van der Waals surface area (Å²) in [6.45, 7) is 4.08. The number of aromatic amines is 1. The van der Waals surface area contributed by atoms with Gasteiger partial charge < -0.3 is 8.82 Å². The van der Waals surface area contributed by atoms with Crippen LogP contribution in [0, 0.1) is 13.8 Å². The molecule has 0 aliphatic rings. The lowest BCUT2D eigenvalue weighted by molar-refractivity contribution is 0.555. The number of aryl methyl sites for hydroxylation is 2. The standard InChI is InChI=1S/C16H13N3O2/c1-9-5-6-19-10(2)15(18-14(19)7-9)11-3-4-13-12(8-11)17-16(20)21-13/h3-8H,1-2H3,(H,17,20). The molecule has 0 unspecified atom stereocenters. The number of hydrogen-bond acceptors (Lipinski definition) is 3. The summed E-state index contributed by atoms with van der Waals surface area (Å²) >= 11 is 0. The monoisotopic (exact) mass is 279 g/mol. The van der Waals surface area contributed by atoms with Crippen LogP contribution in [0.2, 0.25) is 0 Å². The zero-order chi connectivity index (χ0) is 14.6. The van der Waals surface area contributed by atoms with Crippen molar-refractivity contribution in [1.29, 1.82) is 0 Å². The maximum atomic E-state index is 11.2. The van der Waals surface area contributed by atoms with E-state index in [4.69, 9.17) is 9.40 Å². The smallest absolute Gasteiger partial charge is 0.408 e. The first-order chi connectivity index (χ1) is 10.1. The van der Waals surface area contributed by atoms with Gasteiger partial charge >= 0.3 is 5.76 Å². The molecular formula is C16H13N3O2. The third-order valence-electron chi connectivity index (χ3n) is 3.71. The van der Waals surface area contributed by atoms with Crippen molar-refractivity contribution in [3.05, 3.63) is 58.3 Å². The number of aromatic nitrogens is 3. The van der Waals surface area contributed by atoms with E-state index in [1.807, 2.05) is 32.2 Å². The fraction of sp³-hybridized carbons (Fsp3) is 0.125. The summed E-state index contributed by atoms with van der Waals surface area (Å²) in [6.07, 6.45) is 2.02. The molecule has 0 amide bonds. The second-order valence-corrected chi connectivity index (χ2v) is 5.20. The highest BCUT2D eigenvalue weighted by Crippen LogP contribution is 2.26. The van der Waals surface area contributed by atoms with Gasteiger partial charge in [0.25, 0.3) is 0 Å². The summed E-state index contributed by atoms with van der Waals surface area (Å²) in [5.74, 6) is -0.440. The van der Waals surface area contributed by atoms with E-state index in [0.717, 1.165) is 22.6 Å². The van der Waals surface area contributed by atoms with Crippen LogP contribution in [0.5, 0.6) is 0 Å². The molecule has 1 aromatic carbocycles. The topological polar surface area (TPSA) is 63.3 Å². The molecule has 0 atom stereocenters. The highest BCUT2D eigenvalue weighted by Gasteiger charge is 2.12. The van der Waals surface area contributed by atoms with Gasteiger partial charge in [-0.25, -0.2) is 9.78 Å². The summed E-state index contributed by atoms with van der Waals surface area (Å²) in [4.78, 5) is 18.6. The van der Waals surface area contributed by atoms with Crippen molar-refractivity contribution in [2.75, 3.05) is 0 Å². The van der Waals surface area contributed by atoms with Gasteiger partial charge in [-0.2, -0.15) is 0 Å².